The van der Waals surface area contributed by atoms with Gasteiger partial charge < -0.3 is 19.3 Å². The molecule has 2 fully saturated rings. The Hall–Kier alpha value is -1.48. The molecule has 2 aliphatic rings. The van der Waals surface area contributed by atoms with Gasteiger partial charge >= 0.3 is 0 Å². The van der Waals surface area contributed by atoms with Crippen LogP contribution in [0.1, 0.15) is 0 Å². The Morgan fingerprint density at radius 1 is 0.708 bits per heavy atom. The van der Waals surface area contributed by atoms with E-state index in [1.165, 1.54) is 9.40 Å². The molecule has 1 aromatic carbocycles. The number of nitrogens with zero attached hydrogens (tertiary/aromatic N) is 4. The van der Waals surface area contributed by atoms with Crippen molar-refractivity contribution in [1.82, 2.24) is 9.97 Å². The van der Waals surface area contributed by atoms with Gasteiger partial charge in [0.15, 0.2) is 10.3 Å². The summed E-state index contributed by atoms with van der Waals surface area (Å²) >= 11 is 3.54. The number of hydrogen-bond donors (Lipinski definition) is 0. The summed E-state index contributed by atoms with van der Waals surface area (Å²) in [4.78, 5) is 14.3. The summed E-state index contributed by atoms with van der Waals surface area (Å²) in [6.45, 7) is 6.85. The monoisotopic (exact) mass is 362 g/mol. The van der Waals surface area contributed by atoms with Gasteiger partial charge in [-0.05, 0) is 12.1 Å². The predicted octanol–water partition coefficient (Wildman–Crippen LogP) is 2.58. The van der Waals surface area contributed by atoms with Crippen molar-refractivity contribution < 1.29 is 9.47 Å². The van der Waals surface area contributed by atoms with Crippen LogP contribution in [0.4, 0.5) is 10.3 Å². The average Bonchev–Trinajstić information content (AvgIpc) is 3.24. The predicted molar refractivity (Wildman–Crippen MR) is 98.9 cm³/mol. The van der Waals surface area contributed by atoms with E-state index in [4.69, 9.17) is 19.4 Å². The number of benzene rings is 1. The van der Waals surface area contributed by atoms with Crippen molar-refractivity contribution in [3.05, 3.63) is 12.1 Å². The van der Waals surface area contributed by atoms with Gasteiger partial charge in [0.1, 0.15) is 0 Å². The van der Waals surface area contributed by atoms with Gasteiger partial charge in [0.05, 0.1) is 46.9 Å². The number of anilines is 2. The van der Waals surface area contributed by atoms with Gasteiger partial charge in [-0.2, -0.15) is 0 Å². The maximum atomic E-state index is 5.43. The van der Waals surface area contributed by atoms with E-state index >= 15 is 0 Å². The lowest BCUT2D eigenvalue weighted by molar-refractivity contribution is 0.122. The molecule has 0 unspecified atom stereocenters. The second-order valence-corrected chi connectivity index (χ2v) is 8.00. The quantitative estimate of drug-likeness (QED) is 0.698. The molecule has 5 rings (SSSR count). The zero-order valence-electron chi connectivity index (χ0n) is 13.2. The minimum atomic E-state index is 0.787. The van der Waals surface area contributed by atoms with E-state index in [1.807, 2.05) is 0 Å². The highest BCUT2D eigenvalue weighted by Gasteiger charge is 2.18. The Morgan fingerprint density at radius 2 is 1.17 bits per heavy atom. The molecule has 0 aliphatic carbocycles. The Balaban J connectivity index is 1.49. The highest BCUT2D eigenvalue weighted by Crippen LogP contribution is 2.36. The van der Waals surface area contributed by atoms with E-state index in [0.29, 0.717) is 0 Å². The van der Waals surface area contributed by atoms with Gasteiger partial charge in [-0.1, -0.05) is 22.7 Å². The second-order valence-electron chi connectivity index (χ2n) is 5.98. The molecule has 24 heavy (non-hydrogen) atoms. The third-order valence-electron chi connectivity index (χ3n) is 4.44. The maximum absolute atomic E-state index is 5.43. The van der Waals surface area contributed by atoms with Gasteiger partial charge in [0.25, 0.3) is 0 Å². The summed E-state index contributed by atoms with van der Waals surface area (Å²) in [6, 6.07) is 4.37. The maximum Gasteiger partial charge on any atom is 0.186 e. The zero-order chi connectivity index (χ0) is 15.9. The molecule has 6 nitrogen and oxygen atoms in total. The highest BCUT2D eigenvalue weighted by atomic mass is 32.1. The molecule has 4 heterocycles. The molecule has 0 amide bonds. The molecule has 0 atom stereocenters. The average molecular weight is 362 g/mol. The fourth-order valence-corrected chi connectivity index (χ4v) is 5.26. The molecule has 0 saturated carbocycles. The van der Waals surface area contributed by atoms with E-state index < -0.39 is 0 Å². The largest absolute Gasteiger partial charge is 0.378 e. The minimum Gasteiger partial charge on any atom is -0.378 e. The molecule has 3 aromatic rings. The first-order valence-corrected chi connectivity index (χ1v) is 9.87. The Labute approximate surface area is 147 Å². The van der Waals surface area contributed by atoms with Crippen molar-refractivity contribution in [2.45, 2.75) is 0 Å². The van der Waals surface area contributed by atoms with Crippen LogP contribution in [0, 0.1) is 0 Å². The van der Waals surface area contributed by atoms with Crippen LogP contribution in [-0.2, 0) is 9.47 Å². The van der Waals surface area contributed by atoms with Gasteiger partial charge in [-0.25, -0.2) is 9.97 Å². The molecule has 2 aliphatic heterocycles. The smallest absolute Gasteiger partial charge is 0.186 e. The van der Waals surface area contributed by atoms with Crippen LogP contribution in [0.2, 0.25) is 0 Å². The molecule has 0 spiro atoms. The summed E-state index contributed by atoms with van der Waals surface area (Å²) in [7, 11) is 0. The molecule has 8 heteroatoms. The molecular weight excluding hydrogens is 344 g/mol. The SMILES string of the molecule is c1c2nc(N3CCOCC3)sc2cc2sc(N3CCOCC3)nc12. The Bertz CT molecular complexity index is 747. The molecular formula is C16H18N4O2S2. The van der Waals surface area contributed by atoms with Crippen LogP contribution in [0.5, 0.6) is 0 Å². The number of rotatable bonds is 2. The van der Waals surface area contributed by atoms with Crippen LogP contribution in [0.15, 0.2) is 12.1 Å². The third-order valence-corrected chi connectivity index (χ3v) is 6.60. The lowest BCUT2D eigenvalue weighted by Gasteiger charge is -2.26. The first-order valence-electron chi connectivity index (χ1n) is 8.23. The zero-order valence-corrected chi connectivity index (χ0v) is 14.9. The molecule has 0 bridgehead atoms. The highest BCUT2D eigenvalue weighted by molar-refractivity contribution is 7.24. The standard InChI is InChI=1S/C16H18N4O2S2/c1-5-21-6-2-19(1)15-17-11-9-12-14(10-13(11)23-15)24-16(18-12)20-3-7-22-8-4-20/h9-10H,1-8H2. The van der Waals surface area contributed by atoms with E-state index in [-0.39, 0.29) is 0 Å². The molecule has 2 saturated heterocycles. The van der Waals surface area contributed by atoms with Crippen LogP contribution in [-0.4, -0.2) is 62.6 Å². The van der Waals surface area contributed by atoms with E-state index in [0.717, 1.165) is 73.9 Å². The lowest BCUT2D eigenvalue weighted by Crippen LogP contribution is -2.36. The number of hydrogen-bond acceptors (Lipinski definition) is 8. The van der Waals surface area contributed by atoms with Crippen molar-refractivity contribution >= 4 is 53.4 Å². The molecule has 2 aromatic heterocycles. The number of ether oxygens (including phenoxy) is 2. The summed E-state index contributed by atoms with van der Waals surface area (Å²) in [5.74, 6) is 0. The van der Waals surface area contributed by atoms with E-state index in [2.05, 4.69) is 21.9 Å². The van der Waals surface area contributed by atoms with Gasteiger partial charge in [-0.15, -0.1) is 0 Å². The first-order chi connectivity index (χ1) is 11.9. The Morgan fingerprint density at radius 3 is 1.62 bits per heavy atom. The van der Waals surface area contributed by atoms with Crippen molar-refractivity contribution in [2.75, 3.05) is 62.4 Å². The van der Waals surface area contributed by atoms with Crippen molar-refractivity contribution in [2.24, 2.45) is 0 Å². The number of fused-ring (bicyclic) bond motifs is 2. The summed E-state index contributed by atoms with van der Waals surface area (Å²) < 4.78 is 13.3. The number of morpholine rings is 2. The van der Waals surface area contributed by atoms with Crippen molar-refractivity contribution in [3.8, 4) is 0 Å². The minimum absolute atomic E-state index is 0.787. The normalized spacial score (nSPS) is 19.5. The van der Waals surface area contributed by atoms with E-state index in [9.17, 15) is 0 Å². The topological polar surface area (TPSA) is 50.7 Å². The fraction of sp³-hybridized carbons (Fsp3) is 0.500. The van der Waals surface area contributed by atoms with Crippen molar-refractivity contribution in [1.29, 1.82) is 0 Å². The van der Waals surface area contributed by atoms with Crippen molar-refractivity contribution in [3.63, 3.8) is 0 Å². The van der Waals surface area contributed by atoms with Gasteiger partial charge in [0, 0.05) is 26.2 Å². The van der Waals surface area contributed by atoms with Crippen LogP contribution in [0.25, 0.3) is 20.4 Å². The number of thiazole rings is 2. The summed E-state index contributed by atoms with van der Waals surface area (Å²) in [5, 5.41) is 2.19. The van der Waals surface area contributed by atoms with E-state index in [1.54, 1.807) is 22.7 Å². The summed E-state index contributed by atoms with van der Waals surface area (Å²) in [6.07, 6.45) is 0. The molecule has 0 radical (unpaired) electrons. The summed E-state index contributed by atoms with van der Waals surface area (Å²) in [5.41, 5.74) is 2.10. The van der Waals surface area contributed by atoms with Crippen LogP contribution in [0.3, 0.4) is 0 Å². The first kappa shape index (κ1) is 14.8. The van der Waals surface area contributed by atoms with Gasteiger partial charge in [-0.3, -0.25) is 0 Å². The third kappa shape index (κ3) is 2.63. The molecule has 126 valence electrons. The second kappa shape index (κ2) is 6.11. The van der Waals surface area contributed by atoms with Crippen LogP contribution >= 0.6 is 22.7 Å². The lowest BCUT2D eigenvalue weighted by atomic mass is 10.3. The molecule has 0 N–H and O–H groups in total. The number of aromatic nitrogens is 2. The Kier molecular flexibility index (Phi) is 3.77. The van der Waals surface area contributed by atoms with Gasteiger partial charge in [0.2, 0.25) is 0 Å². The fourth-order valence-electron chi connectivity index (χ4n) is 3.11. The van der Waals surface area contributed by atoms with Crippen LogP contribution < -0.4 is 9.80 Å².